The van der Waals surface area contributed by atoms with Crippen molar-refractivity contribution in [2.45, 2.75) is 38.3 Å². The summed E-state index contributed by atoms with van der Waals surface area (Å²) in [6.07, 6.45) is -0.603. The van der Waals surface area contributed by atoms with Crippen molar-refractivity contribution in [3.05, 3.63) is 0 Å². The number of carbonyl (C=O) groups is 2. The summed E-state index contributed by atoms with van der Waals surface area (Å²) >= 11 is 1.61. The molecule has 0 aromatic rings. The second kappa shape index (κ2) is 4.53. The number of carbonyl (C=O) groups excluding carboxylic acids is 1. The van der Waals surface area contributed by atoms with E-state index in [1.165, 1.54) is 0 Å². The van der Waals surface area contributed by atoms with Crippen LogP contribution in [0, 0.1) is 0 Å². The maximum atomic E-state index is 11.5. The quantitative estimate of drug-likeness (QED) is 0.790. The first-order chi connectivity index (χ1) is 7.22. The molecule has 0 saturated carbocycles. The second-order valence-electron chi connectivity index (χ2n) is 4.97. The number of ether oxygens (including phenoxy) is 1. The number of amides is 1. The van der Waals surface area contributed by atoms with Gasteiger partial charge in [-0.25, -0.2) is 4.79 Å². The van der Waals surface area contributed by atoms with Gasteiger partial charge in [0.2, 0.25) is 0 Å². The molecule has 1 aliphatic heterocycles. The van der Waals surface area contributed by atoms with E-state index in [9.17, 15) is 9.59 Å². The Morgan fingerprint density at radius 2 is 2.00 bits per heavy atom. The minimum absolute atomic E-state index is 0.0563. The third kappa shape index (κ3) is 3.92. The van der Waals surface area contributed by atoms with Crippen LogP contribution in [0.3, 0.4) is 0 Å². The molecule has 0 unspecified atom stereocenters. The Labute approximate surface area is 98.9 Å². The van der Waals surface area contributed by atoms with Crippen LogP contribution in [0.15, 0.2) is 0 Å². The Hall–Kier alpha value is -0.910. The maximum Gasteiger partial charge on any atom is 0.408 e. The van der Waals surface area contributed by atoms with Crippen LogP contribution in [0.5, 0.6) is 0 Å². The van der Waals surface area contributed by atoms with Gasteiger partial charge in [0.15, 0.2) is 0 Å². The van der Waals surface area contributed by atoms with E-state index in [1.807, 2.05) is 0 Å². The summed E-state index contributed by atoms with van der Waals surface area (Å²) in [6, 6.07) is 0. The smallest absolute Gasteiger partial charge is 0.408 e. The fraction of sp³-hybridized carbons (Fsp3) is 0.800. The Kier molecular flexibility index (Phi) is 3.72. The number of rotatable bonds is 3. The molecule has 1 fully saturated rings. The molecule has 5 nitrogen and oxygen atoms in total. The van der Waals surface area contributed by atoms with Crippen LogP contribution in [-0.2, 0) is 9.53 Å². The highest BCUT2D eigenvalue weighted by atomic mass is 32.2. The molecule has 1 aliphatic rings. The summed E-state index contributed by atoms with van der Waals surface area (Å²) in [5.41, 5.74) is -1.19. The molecule has 0 aromatic heterocycles. The molecule has 92 valence electrons. The van der Waals surface area contributed by atoms with Gasteiger partial charge in [0.1, 0.15) is 5.60 Å². The molecule has 6 heteroatoms. The summed E-state index contributed by atoms with van der Waals surface area (Å²) in [7, 11) is 0. The summed E-state index contributed by atoms with van der Waals surface area (Å²) in [5.74, 6) is 0.341. The van der Waals surface area contributed by atoms with Crippen LogP contribution in [0.1, 0.15) is 27.2 Å². The third-order valence-corrected chi connectivity index (χ3v) is 3.53. The molecule has 0 bridgehead atoms. The van der Waals surface area contributed by atoms with Crippen molar-refractivity contribution in [1.82, 2.24) is 5.32 Å². The molecule has 16 heavy (non-hydrogen) atoms. The third-order valence-electron chi connectivity index (χ3n) is 2.01. The van der Waals surface area contributed by atoms with E-state index in [0.717, 1.165) is 0 Å². The van der Waals surface area contributed by atoms with Gasteiger partial charge >= 0.3 is 12.1 Å². The first-order valence-electron chi connectivity index (χ1n) is 5.03. The van der Waals surface area contributed by atoms with Gasteiger partial charge in [-0.05, 0) is 20.8 Å². The van der Waals surface area contributed by atoms with Crippen LogP contribution in [0.2, 0.25) is 0 Å². The standard InChI is InChI=1S/C10H17NO4S/c1-9(2,3)15-8(14)11-10(4-7(12)13)5-16-6-10/h4-6H2,1-3H3,(H,11,14)(H,12,13). The van der Waals surface area contributed by atoms with Gasteiger partial charge in [-0.1, -0.05) is 0 Å². The normalized spacial score (nSPS) is 18.4. The van der Waals surface area contributed by atoms with E-state index in [-0.39, 0.29) is 6.42 Å². The predicted octanol–water partition coefficient (Wildman–Crippen LogP) is 1.47. The SMILES string of the molecule is CC(C)(C)OC(=O)NC1(CC(=O)O)CSC1. The zero-order valence-corrected chi connectivity index (χ0v) is 10.5. The molecule has 0 aromatic carbocycles. The zero-order valence-electron chi connectivity index (χ0n) is 9.70. The fourth-order valence-corrected chi connectivity index (χ4v) is 2.42. The highest BCUT2D eigenvalue weighted by Crippen LogP contribution is 2.32. The molecule has 1 rings (SSSR count). The molecule has 0 spiro atoms. The lowest BCUT2D eigenvalue weighted by Gasteiger charge is -2.40. The van der Waals surface area contributed by atoms with E-state index in [0.29, 0.717) is 11.5 Å². The number of aliphatic carboxylic acids is 1. The van der Waals surface area contributed by atoms with Crippen molar-refractivity contribution in [2.24, 2.45) is 0 Å². The number of hydrogen-bond acceptors (Lipinski definition) is 4. The Morgan fingerprint density at radius 3 is 2.31 bits per heavy atom. The first kappa shape index (κ1) is 13.2. The molecule has 0 atom stereocenters. The van der Waals surface area contributed by atoms with Gasteiger partial charge < -0.3 is 15.2 Å². The molecule has 0 radical (unpaired) electrons. The number of alkyl carbamates (subject to hydrolysis) is 1. The Morgan fingerprint density at radius 1 is 1.44 bits per heavy atom. The van der Waals surface area contributed by atoms with E-state index < -0.39 is 23.2 Å². The van der Waals surface area contributed by atoms with Crippen LogP contribution in [-0.4, -0.2) is 39.8 Å². The molecular formula is C10H17NO4S. The Balaban J connectivity index is 2.50. The molecule has 0 aliphatic carbocycles. The van der Waals surface area contributed by atoms with Gasteiger partial charge in [-0.2, -0.15) is 11.8 Å². The second-order valence-corrected chi connectivity index (χ2v) is 5.96. The predicted molar refractivity (Wildman–Crippen MR) is 61.7 cm³/mol. The van der Waals surface area contributed by atoms with E-state index >= 15 is 0 Å². The highest BCUT2D eigenvalue weighted by Gasteiger charge is 2.42. The number of carboxylic acid groups (broad SMARTS) is 1. The van der Waals surface area contributed by atoms with Crippen molar-refractivity contribution >= 4 is 23.8 Å². The molecule has 1 amide bonds. The maximum absolute atomic E-state index is 11.5. The lowest BCUT2D eigenvalue weighted by atomic mass is 9.99. The minimum atomic E-state index is -0.906. The molecule has 1 saturated heterocycles. The van der Waals surface area contributed by atoms with Gasteiger partial charge in [0, 0.05) is 11.5 Å². The number of carboxylic acids is 1. The van der Waals surface area contributed by atoms with Crippen LogP contribution in [0.25, 0.3) is 0 Å². The van der Waals surface area contributed by atoms with Gasteiger partial charge in [0.05, 0.1) is 12.0 Å². The number of thioether (sulfide) groups is 1. The van der Waals surface area contributed by atoms with E-state index in [1.54, 1.807) is 32.5 Å². The lowest BCUT2D eigenvalue weighted by Crippen LogP contribution is -2.59. The summed E-state index contributed by atoms with van der Waals surface area (Å²) < 4.78 is 5.10. The van der Waals surface area contributed by atoms with Crippen molar-refractivity contribution in [1.29, 1.82) is 0 Å². The lowest BCUT2D eigenvalue weighted by molar-refractivity contribution is -0.138. The van der Waals surface area contributed by atoms with Crippen molar-refractivity contribution < 1.29 is 19.4 Å². The van der Waals surface area contributed by atoms with Crippen LogP contribution >= 0.6 is 11.8 Å². The van der Waals surface area contributed by atoms with Crippen LogP contribution in [0.4, 0.5) is 4.79 Å². The average molecular weight is 247 g/mol. The molecular weight excluding hydrogens is 230 g/mol. The fourth-order valence-electron chi connectivity index (χ4n) is 1.38. The largest absolute Gasteiger partial charge is 0.481 e. The van der Waals surface area contributed by atoms with Gasteiger partial charge in [-0.3, -0.25) is 4.79 Å². The topological polar surface area (TPSA) is 75.6 Å². The van der Waals surface area contributed by atoms with Crippen LogP contribution < -0.4 is 5.32 Å². The van der Waals surface area contributed by atoms with Crippen molar-refractivity contribution in [3.8, 4) is 0 Å². The van der Waals surface area contributed by atoms with Gasteiger partial charge in [0.25, 0.3) is 0 Å². The molecule has 1 heterocycles. The monoisotopic (exact) mass is 247 g/mol. The van der Waals surface area contributed by atoms with Crippen molar-refractivity contribution in [3.63, 3.8) is 0 Å². The van der Waals surface area contributed by atoms with E-state index in [2.05, 4.69) is 5.32 Å². The average Bonchev–Trinajstić information content (AvgIpc) is 1.95. The highest BCUT2D eigenvalue weighted by molar-refractivity contribution is 8.00. The zero-order chi connectivity index (χ0) is 12.4. The number of nitrogens with one attached hydrogen (secondary N) is 1. The summed E-state index contributed by atoms with van der Waals surface area (Å²) in [5, 5.41) is 11.4. The van der Waals surface area contributed by atoms with Gasteiger partial charge in [-0.15, -0.1) is 0 Å². The van der Waals surface area contributed by atoms with Crippen molar-refractivity contribution in [2.75, 3.05) is 11.5 Å². The number of hydrogen-bond donors (Lipinski definition) is 2. The summed E-state index contributed by atoms with van der Waals surface area (Å²) in [6.45, 7) is 5.31. The summed E-state index contributed by atoms with van der Waals surface area (Å²) in [4.78, 5) is 22.2. The first-order valence-corrected chi connectivity index (χ1v) is 6.19. The Bertz CT molecular complexity index is 294. The molecule has 2 N–H and O–H groups in total. The minimum Gasteiger partial charge on any atom is -0.481 e. The van der Waals surface area contributed by atoms with E-state index in [4.69, 9.17) is 9.84 Å².